The van der Waals surface area contributed by atoms with Crippen LogP contribution in [0.15, 0.2) is 84.0 Å². The molecule has 166 valence electrons. The molecule has 4 aromatic rings. The van der Waals surface area contributed by atoms with Gasteiger partial charge in [0.2, 0.25) is 5.91 Å². The van der Waals surface area contributed by atoms with Crippen LogP contribution in [-0.4, -0.2) is 33.0 Å². The number of rotatable bonds is 6. The molecule has 1 aliphatic rings. The van der Waals surface area contributed by atoms with Gasteiger partial charge in [-0.2, -0.15) is 0 Å². The van der Waals surface area contributed by atoms with E-state index in [1.54, 1.807) is 0 Å². The minimum atomic E-state index is -0.0436. The first-order chi connectivity index (χ1) is 16.2. The Balaban J connectivity index is 1.36. The molecule has 1 atom stereocenters. The lowest BCUT2D eigenvalue weighted by molar-refractivity contribution is -0.119. The first-order valence-corrected chi connectivity index (χ1v) is 11.9. The maximum atomic E-state index is 12.8. The molecule has 0 radical (unpaired) electrons. The molecule has 7 heteroatoms. The van der Waals surface area contributed by atoms with Gasteiger partial charge < -0.3 is 10.1 Å². The number of amides is 1. The average Bonchev–Trinajstić information content (AvgIpc) is 3.28. The summed E-state index contributed by atoms with van der Waals surface area (Å²) in [5.41, 5.74) is 4.14. The number of hydrogen-bond donors (Lipinski definition) is 1. The van der Waals surface area contributed by atoms with Gasteiger partial charge in [0.15, 0.2) is 11.0 Å². The van der Waals surface area contributed by atoms with Gasteiger partial charge in [-0.15, -0.1) is 10.2 Å². The van der Waals surface area contributed by atoms with Crippen molar-refractivity contribution in [1.82, 2.24) is 20.1 Å². The van der Waals surface area contributed by atoms with Crippen LogP contribution in [0.4, 0.5) is 0 Å². The van der Waals surface area contributed by atoms with Crippen LogP contribution in [0.2, 0.25) is 0 Å². The molecule has 0 saturated carbocycles. The Morgan fingerprint density at radius 3 is 2.61 bits per heavy atom. The monoisotopic (exact) mass is 456 g/mol. The third-order valence-electron chi connectivity index (χ3n) is 5.58. The van der Waals surface area contributed by atoms with E-state index in [-0.39, 0.29) is 17.7 Å². The Kier molecular flexibility index (Phi) is 6.13. The second-order valence-corrected chi connectivity index (χ2v) is 8.87. The molecule has 1 aliphatic heterocycles. The highest BCUT2D eigenvalue weighted by molar-refractivity contribution is 7.99. The van der Waals surface area contributed by atoms with Gasteiger partial charge in [-0.25, -0.2) is 0 Å². The summed E-state index contributed by atoms with van der Waals surface area (Å²) in [4.78, 5) is 12.8. The highest BCUT2D eigenvalue weighted by Gasteiger charge is 2.23. The summed E-state index contributed by atoms with van der Waals surface area (Å²) >= 11 is 1.39. The largest absolute Gasteiger partial charge is 0.493 e. The number of aromatic nitrogens is 3. The molecular formula is C26H24N4O2S. The molecule has 1 N–H and O–H groups in total. The van der Waals surface area contributed by atoms with Crippen LogP contribution in [0, 0.1) is 6.92 Å². The fourth-order valence-electron chi connectivity index (χ4n) is 3.92. The van der Waals surface area contributed by atoms with Gasteiger partial charge in [-0.1, -0.05) is 78.0 Å². The van der Waals surface area contributed by atoms with Crippen molar-refractivity contribution < 1.29 is 9.53 Å². The third kappa shape index (κ3) is 4.64. The third-order valence-corrected chi connectivity index (χ3v) is 6.51. The van der Waals surface area contributed by atoms with E-state index in [0.29, 0.717) is 11.8 Å². The van der Waals surface area contributed by atoms with E-state index in [9.17, 15) is 4.79 Å². The molecule has 1 amide bonds. The van der Waals surface area contributed by atoms with Crippen LogP contribution in [-0.2, 0) is 4.79 Å². The summed E-state index contributed by atoms with van der Waals surface area (Å²) in [7, 11) is 0. The number of carbonyl (C=O) groups excluding carboxylic acids is 1. The minimum Gasteiger partial charge on any atom is -0.493 e. The molecule has 6 nitrogen and oxygen atoms in total. The summed E-state index contributed by atoms with van der Waals surface area (Å²) in [6, 6.07) is 26.0. The van der Waals surface area contributed by atoms with E-state index in [4.69, 9.17) is 4.74 Å². The number of benzene rings is 3. The number of nitrogens with one attached hydrogen (secondary N) is 1. The Hall–Kier alpha value is -3.58. The predicted octanol–water partition coefficient (Wildman–Crippen LogP) is 4.97. The zero-order chi connectivity index (χ0) is 22.6. The van der Waals surface area contributed by atoms with Gasteiger partial charge in [0.05, 0.1) is 18.4 Å². The molecule has 0 aliphatic carbocycles. The summed E-state index contributed by atoms with van der Waals surface area (Å²) in [6.07, 6.45) is 0.755. The molecule has 1 aromatic heterocycles. The van der Waals surface area contributed by atoms with Crippen molar-refractivity contribution in [2.24, 2.45) is 0 Å². The van der Waals surface area contributed by atoms with E-state index in [1.807, 2.05) is 71.3 Å². The lowest BCUT2D eigenvalue weighted by Gasteiger charge is -2.26. The normalized spacial score (nSPS) is 14.9. The van der Waals surface area contributed by atoms with Crippen LogP contribution in [0.5, 0.6) is 5.75 Å². The van der Waals surface area contributed by atoms with Gasteiger partial charge in [0.25, 0.3) is 0 Å². The Labute approximate surface area is 197 Å². The zero-order valence-electron chi connectivity index (χ0n) is 18.3. The molecule has 5 rings (SSSR count). The fraction of sp³-hybridized carbons (Fsp3) is 0.192. The van der Waals surface area contributed by atoms with Gasteiger partial charge in [0.1, 0.15) is 5.75 Å². The topological polar surface area (TPSA) is 69.0 Å². The number of para-hydroxylation sites is 1. The number of ether oxygens (including phenoxy) is 1. The van der Waals surface area contributed by atoms with Crippen molar-refractivity contribution in [2.75, 3.05) is 12.4 Å². The lowest BCUT2D eigenvalue weighted by Crippen LogP contribution is -2.33. The fourth-order valence-corrected chi connectivity index (χ4v) is 4.69. The standard InChI is InChI=1S/C26H24N4O2S/c1-18-11-13-20(14-12-18)30-25(19-7-3-2-4-8-19)28-29-26(30)33-17-24(31)27-22-15-16-32-23-10-6-5-9-21(22)23/h2-14,22H,15-17H2,1H3,(H,27,31). The Bertz CT molecular complexity index is 1260. The maximum absolute atomic E-state index is 12.8. The number of nitrogens with zero attached hydrogens (tertiary/aromatic N) is 3. The van der Waals surface area contributed by atoms with Crippen molar-refractivity contribution in [3.63, 3.8) is 0 Å². The second-order valence-electron chi connectivity index (χ2n) is 7.93. The van der Waals surface area contributed by atoms with Crippen molar-refractivity contribution in [3.05, 3.63) is 90.0 Å². The first-order valence-electron chi connectivity index (χ1n) is 10.9. The van der Waals surface area contributed by atoms with Crippen LogP contribution in [0.25, 0.3) is 17.1 Å². The summed E-state index contributed by atoms with van der Waals surface area (Å²) in [6.45, 7) is 2.65. The smallest absolute Gasteiger partial charge is 0.230 e. The Morgan fingerprint density at radius 2 is 1.79 bits per heavy atom. The highest BCUT2D eigenvalue weighted by atomic mass is 32.2. The summed E-state index contributed by atoms with van der Waals surface area (Å²) in [5.74, 6) is 1.80. The number of fused-ring (bicyclic) bond motifs is 1. The first kappa shape index (κ1) is 21.3. The molecule has 0 bridgehead atoms. The SMILES string of the molecule is Cc1ccc(-n2c(SCC(=O)NC3CCOc4ccccc43)nnc2-c2ccccc2)cc1. The number of carbonyl (C=O) groups is 1. The molecule has 33 heavy (non-hydrogen) atoms. The zero-order valence-corrected chi connectivity index (χ0v) is 19.1. The summed E-state index contributed by atoms with van der Waals surface area (Å²) < 4.78 is 7.71. The van der Waals surface area contributed by atoms with E-state index in [1.165, 1.54) is 17.3 Å². The van der Waals surface area contributed by atoms with Crippen LogP contribution in [0.3, 0.4) is 0 Å². The summed E-state index contributed by atoms with van der Waals surface area (Å²) in [5, 5.41) is 12.7. The number of hydrogen-bond acceptors (Lipinski definition) is 5. The second kappa shape index (κ2) is 9.50. The van der Waals surface area contributed by atoms with Crippen molar-refractivity contribution >= 4 is 17.7 Å². The predicted molar refractivity (Wildman–Crippen MR) is 130 cm³/mol. The molecule has 2 heterocycles. The van der Waals surface area contributed by atoms with E-state index in [2.05, 4.69) is 34.6 Å². The Morgan fingerprint density at radius 1 is 1.03 bits per heavy atom. The van der Waals surface area contributed by atoms with Crippen molar-refractivity contribution in [2.45, 2.75) is 24.5 Å². The molecule has 1 unspecified atom stereocenters. The average molecular weight is 457 g/mol. The van der Waals surface area contributed by atoms with E-state index in [0.717, 1.165) is 34.8 Å². The van der Waals surface area contributed by atoms with Crippen LogP contribution >= 0.6 is 11.8 Å². The van der Waals surface area contributed by atoms with Crippen molar-refractivity contribution in [3.8, 4) is 22.8 Å². The van der Waals surface area contributed by atoms with Gasteiger partial charge in [-0.05, 0) is 25.1 Å². The van der Waals surface area contributed by atoms with E-state index >= 15 is 0 Å². The van der Waals surface area contributed by atoms with Gasteiger partial charge in [0, 0.05) is 23.2 Å². The highest BCUT2D eigenvalue weighted by Crippen LogP contribution is 2.32. The van der Waals surface area contributed by atoms with Gasteiger partial charge in [-0.3, -0.25) is 9.36 Å². The minimum absolute atomic E-state index is 0.0404. The number of thioether (sulfide) groups is 1. The van der Waals surface area contributed by atoms with Crippen LogP contribution < -0.4 is 10.1 Å². The molecule has 0 spiro atoms. The molecular weight excluding hydrogens is 432 g/mol. The molecule has 0 fully saturated rings. The molecule has 0 saturated heterocycles. The molecule has 3 aromatic carbocycles. The quantitative estimate of drug-likeness (QED) is 0.415. The van der Waals surface area contributed by atoms with Gasteiger partial charge >= 0.3 is 0 Å². The number of aryl methyl sites for hydroxylation is 1. The van der Waals surface area contributed by atoms with E-state index < -0.39 is 0 Å². The maximum Gasteiger partial charge on any atom is 0.230 e. The van der Waals surface area contributed by atoms with Crippen molar-refractivity contribution in [1.29, 1.82) is 0 Å². The lowest BCUT2D eigenvalue weighted by atomic mass is 10.0. The van der Waals surface area contributed by atoms with Crippen LogP contribution in [0.1, 0.15) is 23.6 Å².